The largest absolute Gasteiger partial charge is 0.492 e. The topological polar surface area (TPSA) is 47.3 Å². The Morgan fingerprint density at radius 2 is 2.12 bits per heavy atom. The second kappa shape index (κ2) is 3.98. The first-order valence-electron chi connectivity index (χ1n) is 5.73. The second-order valence-corrected chi connectivity index (χ2v) is 5.43. The van der Waals surface area contributed by atoms with Crippen LogP contribution in [0.4, 0.5) is 5.69 Å². The van der Waals surface area contributed by atoms with Crippen molar-refractivity contribution in [3.05, 3.63) is 23.8 Å². The predicted octanol–water partition coefficient (Wildman–Crippen LogP) is 1.96. The van der Waals surface area contributed by atoms with Crippen molar-refractivity contribution in [1.29, 1.82) is 0 Å². The van der Waals surface area contributed by atoms with Crippen LogP contribution in [0.15, 0.2) is 18.2 Å². The molecule has 0 saturated heterocycles. The first kappa shape index (κ1) is 11.3. The molecule has 1 aliphatic heterocycles. The van der Waals surface area contributed by atoms with Gasteiger partial charge in [-0.25, -0.2) is 0 Å². The molecular weight excluding hydrogens is 200 g/mol. The summed E-state index contributed by atoms with van der Waals surface area (Å²) in [6.07, 6.45) is 0.944. The zero-order valence-electron chi connectivity index (χ0n) is 10.2. The lowest BCUT2D eigenvalue weighted by Crippen LogP contribution is -2.49. The minimum atomic E-state index is 0.106. The highest BCUT2D eigenvalue weighted by Gasteiger charge is 2.24. The van der Waals surface area contributed by atoms with E-state index in [4.69, 9.17) is 10.5 Å². The Morgan fingerprint density at radius 3 is 2.81 bits per heavy atom. The Labute approximate surface area is 97.0 Å². The number of ether oxygens (including phenoxy) is 1. The fraction of sp³-hybridized carbons (Fsp3) is 0.538. The summed E-state index contributed by atoms with van der Waals surface area (Å²) in [6, 6.07) is 6.20. The average molecular weight is 220 g/mol. The molecule has 1 aromatic rings. The van der Waals surface area contributed by atoms with Gasteiger partial charge < -0.3 is 15.8 Å². The molecule has 1 unspecified atom stereocenters. The molecule has 0 spiro atoms. The van der Waals surface area contributed by atoms with Gasteiger partial charge in [-0.3, -0.25) is 0 Å². The molecule has 0 aliphatic carbocycles. The van der Waals surface area contributed by atoms with Gasteiger partial charge in [0.25, 0.3) is 0 Å². The zero-order valence-corrected chi connectivity index (χ0v) is 10.2. The Hall–Kier alpha value is -1.22. The number of hydrogen-bond acceptors (Lipinski definition) is 3. The number of hydrogen-bond donors (Lipinski definition) is 2. The molecule has 0 amide bonds. The molecule has 16 heavy (non-hydrogen) atoms. The molecule has 0 bridgehead atoms. The van der Waals surface area contributed by atoms with E-state index in [9.17, 15) is 0 Å². The third-order valence-corrected chi connectivity index (χ3v) is 2.70. The Bertz CT molecular complexity index is 382. The summed E-state index contributed by atoms with van der Waals surface area (Å²) in [7, 11) is 0. The van der Waals surface area contributed by atoms with Gasteiger partial charge in [0.2, 0.25) is 0 Å². The van der Waals surface area contributed by atoms with Crippen LogP contribution in [0.25, 0.3) is 0 Å². The lowest BCUT2D eigenvalue weighted by molar-refractivity contribution is 0.212. The minimum Gasteiger partial charge on any atom is -0.492 e. The van der Waals surface area contributed by atoms with Crippen molar-refractivity contribution < 1.29 is 4.74 Å². The van der Waals surface area contributed by atoms with Crippen LogP contribution in [-0.4, -0.2) is 18.2 Å². The van der Waals surface area contributed by atoms with Gasteiger partial charge in [-0.15, -0.1) is 0 Å². The molecule has 0 aromatic heterocycles. The molecule has 0 fully saturated rings. The Balaban J connectivity index is 2.14. The van der Waals surface area contributed by atoms with E-state index >= 15 is 0 Å². The van der Waals surface area contributed by atoms with Crippen LogP contribution in [0.2, 0.25) is 0 Å². The van der Waals surface area contributed by atoms with E-state index in [1.807, 2.05) is 18.2 Å². The van der Waals surface area contributed by atoms with Gasteiger partial charge in [-0.05, 0) is 39.3 Å². The molecule has 88 valence electrons. The van der Waals surface area contributed by atoms with Gasteiger partial charge in [-0.2, -0.15) is 0 Å². The Morgan fingerprint density at radius 1 is 1.38 bits per heavy atom. The van der Waals surface area contributed by atoms with Crippen molar-refractivity contribution in [2.45, 2.75) is 38.8 Å². The van der Waals surface area contributed by atoms with Crippen molar-refractivity contribution >= 4 is 5.69 Å². The van der Waals surface area contributed by atoms with Crippen LogP contribution in [0, 0.1) is 0 Å². The van der Waals surface area contributed by atoms with E-state index in [0.717, 1.165) is 23.4 Å². The van der Waals surface area contributed by atoms with E-state index in [0.29, 0.717) is 12.6 Å². The molecule has 1 atom stereocenters. The van der Waals surface area contributed by atoms with Gasteiger partial charge in [-0.1, -0.05) is 6.07 Å². The summed E-state index contributed by atoms with van der Waals surface area (Å²) in [5.74, 6) is 0.937. The normalized spacial score (nSPS) is 20.1. The van der Waals surface area contributed by atoms with Gasteiger partial charge in [0.1, 0.15) is 12.4 Å². The Kier molecular flexibility index (Phi) is 2.80. The maximum atomic E-state index is 5.96. The number of benzene rings is 1. The highest BCUT2D eigenvalue weighted by Crippen LogP contribution is 2.29. The summed E-state index contributed by atoms with van der Waals surface area (Å²) in [5, 5.41) is 3.55. The second-order valence-electron chi connectivity index (χ2n) is 5.43. The van der Waals surface area contributed by atoms with Gasteiger partial charge in [0.15, 0.2) is 0 Å². The number of anilines is 1. The van der Waals surface area contributed by atoms with E-state index in [-0.39, 0.29) is 5.54 Å². The smallest absolute Gasteiger partial charge is 0.124 e. The van der Waals surface area contributed by atoms with E-state index < -0.39 is 0 Å². The van der Waals surface area contributed by atoms with Crippen molar-refractivity contribution in [2.75, 3.05) is 12.3 Å². The molecule has 0 saturated carbocycles. The summed E-state index contributed by atoms with van der Waals surface area (Å²) in [4.78, 5) is 0. The highest BCUT2D eigenvalue weighted by atomic mass is 16.5. The standard InChI is InChI=1S/C13H20N2O/c1-13(2,3)15-9-7-10-11(14)5-4-6-12(10)16-8-9/h4-6,9,15H,7-8,14H2,1-3H3. The number of nitrogen functional groups attached to an aromatic ring is 1. The zero-order chi connectivity index (χ0) is 11.8. The molecular formula is C13H20N2O. The van der Waals surface area contributed by atoms with Crippen LogP contribution < -0.4 is 15.8 Å². The SMILES string of the molecule is CC(C)(C)NC1COc2cccc(N)c2C1. The fourth-order valence-electron chi connectivity index (χ4n) is 2.14. The summed E-state index contributed by atoms with van der Waals surface area (Å²) in [5.41, 5.74) is 8.03. The maximum absolute atomic E-state index is 5.96. The highest BCUT2D eigenvalue weighted by molar-refractivity contribution is 5.55. The van der Waals surface area contributed by atoms with Crippen LogP contribution >= 0.6 is 0 Å². The predicted molar refractivity (Wildman–Crippen MR) is 66.7 cm³/mol. The van der Waals surface area contributed by atoms with Crippen LogP contribution in [0.3, 0.4) is 0 Å². The molecule has 0 radical (unpaired) electrons. The fourth-order valence-corrected chi connectivity index (χ4v) is 2.14. The molecule has 2 rings (SSSR count). The minimum absolute atomic E-state index is 0.106. The van der Waals surface area contributed by atoms with Crippen LogP contribution in [0.5, 0.6) is 5.75 Å². The molecule has 3 N–H and O–H groups in total. The van der Waals surface area contributed by atoms with Crippen LogP contribution in [-0.2, 0) is 6.42 Å². The van der Waals surface area contributed by atoms with E-state index in [1.165, 1.54) is 0 Å². The molecule has 1 aromatic carbocycles. The van der Waals surface area contributed by atoms with E-state index in [1.54, 1.807) is 0 Å². The lowest BCUT2D eigenvalue weighted by atomic mass is 9.98. The quantitative estimate of drug-likeness (QED) is 0.711. The van der Waals surface area contributed by atoms with Gasteiger partial charge in [0.05, 0.1) is 0 Å². The number of rotatable bonds is 1. The van der Waals surface area contributed by atoms with Crippen molar-refractivity contribution in [3.63, 3.8) is 0 Å². The molecule has 3 nitrogen and oxygen atoms in total. The van der Waals surface area contributed by atoms with Crippen molar-refractivity contribution in [2.24, 2.45) is 0 Å². The summed E-state index contributed by atoms with van der Waals surface area (Å²) >= 11 is 0. The number of fused-ring (bicyclic) bond motifs is 1. The van der Waals surface area contributed by atoms with Gasteiger partial charge >= 0.3 is 0 Å². The van der Waals surface area contributed by atoms with Crippen molar-refractivity contribution in [3.8, 4) is 5.75 Å². The van der Waals surface area contributed by atoms with Crippen LogP contribution in [0.1, 0.15) is 26.3 Å². The number of nitrogens with two attached hydrogens (primary N) is 1. The molecule has 1 heterocycles. The van der Waals surface area contributed by atoms with Gasteiger partial charge in [0, 0.05) is 22.8 Å². The monoisotopic (exact) mass is 220 g/mol. The van der Waals surface area contributed by atoms with E-state index in [2.05, 4.69) is 26.1 Å². The molecule has 3 heteroatoms. The third-order valence-electron chi connectivity index (χ3n) is 2.70. The first-order valence-corrected chi connectivity index (χ1v) is 5.73. The third kappa shape index (κ3) is 2.47. The maximum Gasteiger partial charge on any atom is 0.124 e. The summed E-state index contributed by atoms with van der Waals surface area (Å²) < 4.78 is 5.72. The first-order chi connectivity index (χ1) is 7.46. The lowest BCUT2D eigenvalue weighted by Gasteiger charge is -2.32. The van der Waals surface area contributed by atoms with Crippen molar-refractivity contribution in [1.82, 2.24) is 5.32 Å². The average Bonchev–Trinajstić information content (AvgIpc) is 2.17. The number of nitrogens with one attached hydrogen (secondary N) is 1. The molecule has 1 aliphatic rings. The summed E-state index contributed by atoms with van der Waals surface area (Å²) in [6.45, 7) is 7.21.